The number of likely N-dealkylation sites (N-methyl/N-ethyl adjacent to an activating group) is 1. The third-order valence-corrected chi connectivity index (χ3v) is 3.02. The normalized spacial score (nSPS) is 21.8. The van der Waals surface area contributed by atoms with E-state index in [1.165, 1.54) is 19.4 Å². The second kappa shape index (κ2) is 4.53. The lowest BCUT2D eigenvalue weighted by Gasteiger charge is -2.20. The lowest BCUT2D eigenvalue weighted by Crippen LogP contribution is -2.30. The lowest BCUT2D eigenvalue weighted by atomic mass is 10.2. The van der Waals surface area contributed by atoms with Crippen LogP contribution in [0, 0.1) is 0 Å². The van der Waals surface area contributed by atoms with Crippen molar-refractivity contribution in [2.45, 2.75) is 18.9 Å². The van der Waals surface area contributed by atoms with Gasteiger partial charge in [-0.3, -0.25) is 0 Å². The number of rotatable bonds is 3. The zero-order valence-corrected chi connectivity index (χ0v) is 9.15. The topological polar surface area (TPSA) is 38.5 Å². The van der Waals surface area contributed by atoms with Crippen LogP contribution in [0.15, 0.2) is 24.3 Å². The van der Waals surface area contributed by atoms with Crippen LogP contribution in [0.3, 0.4) is 0 Å². The quantitative estimate of drug-likeness (QED) is 0.766. The molecule has 1 unspecified atom stereocenters. The predicted molar refractivity (Wildman–Crippen MR) is 62.0 cm³/mol. The number of hydrogen-bond donors (Lipinski definition) is 1. The first-order chi connectivity index (χ1) is 7.27. The van der Waals surface area contributed by atoms with Crippen LogP contribution in [-0.4, -0.2) is 31.1 Å². The standard InChI is InChI=1S/C12H18N2O/c1-14-8-4-5-10(14)9-15-12-7-3-2-6-11(12)13/h2-3,6-7,10H,4-5,8-9,13H2,1H3. The molecule has 2 N–H and O–H groups in total. The molecule has 0 spiro atoms. The summed E-state index contributed by atoms with van der Waals surface area (Å²) < 4.78 is 5.72. The van der Waals surface area contributed by atoms with Gasteiger partial charge in [0, 0.05) is 6.04 Å². The van der Waals surface area contributed by atoms with Crippen LogP contribution in [-0.2, 0) is 0 Å². The molecule has 1 atom stereocenters. The van der Waals surface area contributed by atoms with Gasteiger partial charge in [-0.1, -0.05) is 12.1 Å². The Morgan fingerprint density at radius 3 is 2.93 bits per heavy atom. The summed E-state index contributed by atoms with van der Waals surface area (Å²) in [5, 5.41) is 0. The molecule has 0 radical (unpaired) electrons. The Hall–Kier alpha value is -1.22. The zero-order valence-electron chi connectivity index (χ0n) is 9.15. The molecular weight excluding hydrogens is 188 g/mol. The van der Waals surface area contributed by atoms with E-state index in [0.717, 1.165) is 18.0 Å². The summed E-state index contributed by atoms with van der Waals surface area (Å²) >= 11 is 0. The van der Waals surface area contributed by atoms with Crippen LogP contribution in [0.1, 0.15) is 12.8 Å². The molecule has 1 saturated heterocycles. The number of nitrogens with two attached hydrogens (primary N) is 1. The number of anilines is 1. The summed E-state index contributed by atoms with van der Waals surface area (Å²) in [5.74, 6) is 0.804. The molecule has 3 heteroatoms. The molecule has 1 aliphatic heterocycles. The Morgan fingerprint density at radius 2 is 2.27 bits per heavy atom. The minimum atomic E-state index is 0.546. The van der Waals surface area contributed by atoms with E-state index >= 15 is 0 Å². The molecule has 0 saturated carbocycles. The first kappa shape index (κ1) is 10.3. The van der Waals surface area contributed by atoms with Crippen molar-refractivity contribution >= 4 is 5.69 Å². The maximum atomic E-state index is 5.80. The highest BCUT2D eigenvalue weighted by atomic mass is 16.5. The number of para-hydroxylation sites is 2. The van der Waals surface area contributed by atoms with Gasteiger partial charge < -0.3 is 15.4 Å². The third-order valence-electron chi connectivity index (χ3n) is 3.02. The van der Waals surface area contributed by atoms with Crippen molar-refractivity contribution in [3.63, 3.8) is 0 Å². The fraction of sp³-hybridized carbons (Fsp3) is 0.500. The zero-order chi connectivity index (χ0) is 10.7. The monoisotopic (exact) mass is 206 g/mol. The summed E-state index contributed by atoms with van der Waals surface area (Å²) in [7, 11) is 2.15. The molecule has 1 aromatic rings. The van der Waals surface area contributed by atoms with Gasteiger partial charge in [-0.15, -0.1) is 0 Å². The van der Waals surface area contributed by atoms with Crippen molar-refractivity contribution in [2.75, 3.05) is 25.9 Å². The highest BCUT2D eigenvalue weighted by molar-refractivity contribution is 5.51. The fourth-order valence-corrected chi connectivity index (χ4v) is 1.99. The first-order valence-electron chi connectivity index (χ1n) is 5.45. The van der Waals surface area contributed by atoms with Gasteiger partial charge in [0.25, 0.3) is 0 Å². The molecule has 1 fully saturated rings. The first-order valence-corrected chi connectivity index (χ1v) is 5.45. The van der Waals surface area contributed by atoms with Crippen molar-refractivity contribution in [2.24, 2.45) is 0 Å². The van der Waals surface area contributed by atoms with Crippen molar-refractivity contribution in [3.05, 3.63) is 24.3 Å². The van der Waals surface area contributed by atoms with E-state index in [9.17, 15) is 0 Å². The van der Waals surface area contributed by atoms with Crippen molar-refractivity contribution < 1.29 is 4.74 Å². The summed E-state index contributed by atoms with van der Waals surface area (Å²) in [5.41, 5.74) is 6.52. The number of likely N-dealkylation sites (tertiary alicyclic amines) is 1. The van der Waals surface area contributed by atoms with Crippen molar-refractivity contribution in [1.82, 2.24) is 4.90 Å². The number of nitrogens with zero attached hydrogens (tertiary/aromatic N) is 1. The molecule has 15 heavy (non-hydrogen) atoms. The van der Waals surface area contributed by atoms with Crippen molar-refractivity contribution in [3.8, 4) is 5.75 Å². The van der Waals surface area contributed by atoms with E-state index < -0.39 is 0 Å². The van der Waals surface area contributed by atoms with Crippen LogP contribution in [0.25, 0.3) is 0 Å². The number of nitrogen functional groups attached to an aromatic ring is 1. The summed E-state index contributed by atoms with van der Waals surface area (Å²) in [6.07, 6.45) is 2.50. The molecule has 1 heterocycles. The van der Waals surface area contributed by atoms with E-state index in [2.05, 4.69) is 11.9 Å². The van der Waals surface area contributed by atoms with Gasteiger partial charge in [-0.25, -0.2) is 0 Å². The molecule has 2 rings (SSSR count). The third kappa shape index (κ3) is 2.42. The minimum Gasteiger partial charge on any atom is -0.490 e. The number of hydrogen-bond acceptors (Lipinski definition) is 3. The smallest absolute Gasteiger partial charge is 0.142 e. The lowest BCUT2D eigenvalue weighted by molar-refractivity contribution is 0.199. The molecule has 0 amide bonds. The largest absolute Gasteiger partial charge is 0.490 e. The SMILES string of the molecule is CN1CCCC1COc1ccccc1N. The van der Waals surface area contributed by atoms with E-state index in [0.29, 0.717) is 6.04 Å². The van der Waals surface area contributed by atoms with Gasteiger partial charge in [-0.2, -0.15) is 0 Å². The Bertz CT molecular complexity index is 327. The van der Waals surface area contributed by atoms with E-state index in [-0.39, 0.29) is 0 Å². The van der Waals surface area contributed by atoms with Crippen LogP contribution in [0.4, 0.5) is 5.69 Å². The molecular formula is C12H18N2O. The molecule has 0 aliphatic carbocycles. The van der Waals surface area contributed by atoms with E-state index in [1.807, 2.05) is 24.3 Å². The fourth-order valence-electron chi connectivity index (χ4n) is 1.99. The van der Waals surface area contributed by atoms with Gasteiger partial charge in [0.2, 0.25) is 0 Å². The molecule has 1 aromatic carbocycles. The Morgan fingerprint density at radius 1 is 1.47 bits per heavy atom. The second-order valence-corrected chi connectivity index (χ2v) is 4.13. The molecule has 1 aliphatic rings. The predicted octanol–water partition coefficient (Wildman–Crippen LogP) is 1.74. The Kier molecular flexibility index (Phi) is 3.11. The number of benzene rings is 1. The van der Waals surface area contributed by atoms with Crippen LogP contribution in [0.2, 0.25) is 0 Å². The van der Waals surface area contributed by atoms with E-state index in [1.54, 1.807) is 0 Å². The maximum absolute atomic E-state index is 5.80. The van der Waals surface area contributed by atoms with Crippen molar-refractivity contribution in [1.29, 1.82) is 0 Å². The summed E-state index contributed by atoms with van der Waals surface area (Å²) in [6, 6.07) is 8.20. The second-order valence-electron chi connectivity index (χ2n) is 4.13. The average Bonchev–Trinajstić information content (AvgIpc) is 2.63. The molecule has 0 aromatic heterocycles. The molecule has 0 bridgehead atoms. The van der Waals surface area contributed by atoms with Gasteiger partial charge in [0.05, 0.1) is 5.69 Å². The van der Waals surface area contributed by atoms with Gasteiger partial charge in [-0.05, 0) is 38.6 Å². The average molecular weight is 206 g/mol. The minimum absolute atomic E-state index is 0.546. The summed E-state index contributed by atoms with van der Waals surface area (Å²) in [6.45, 7) is 1.92. The Balaban J connectivity index is 1.90. The Labute approximate surface area is 90.8 Å². The van der Waals surface area contributed by atoms with Crippen LogP contribution < -0.4 is 10.5 Å². The van der Waals surface area contributed by atoms with E-state index in [4.69, 9.17) is 10.5 Å². The molecule has 3 nitrogen and oxygen atoms in total. The highest BCUT2D eigenvalue weighted by Crippen LogP contribution is 2.22. The highest BCUT2D eigenvalue weighted by Gasteiger charge is 2.21. The molecule has 82 valence electrons. The maximum Gasteiger partial charge on any atom is 0.142 e. The van der Waals surface area contributed by atoms with Gasteiger partial charge in [0.15, 0.2) is 0 Å². The van der Waals surface area contributed by atoms with Gasteiger partial charge >= 0.3 is 0 Å². The van der Waals surface area contributed by atoms with Crippen LogP contribution in [0.5, 0.6) is 5.75 Å². The number of ether oxygens (including phenoxy) is 1. The summed E-state index contributed by atoms with van der Waals surface area (Å²) in [4.78, 5) is 2.35. The van der Waals surface area contributed by atoms with Gasteiger partial charge in [0.1, 0.15) is 12.4 Å². The van der Waals surface area contributed by atoms with Crippen LogP contribution >= 0.6 is 0 Å².